The van der Waals surface area contributed by atoms with E-state index in [-0.39, 0.29) is 32.0 Å². The number of nitrogens with two attached hydrogens (primary N) is 1. The van der Waals surface area contributed by atoms with E-state index in [0.29, 0.717) is 5.78 Å². The maximum Gasteiger partial charge on any atom is 0.195 e. The molecular weight excluding hydrogens is 487 g/mol. The summed E-state index contributed by atoms with van der Waals surface area (Å²) >= 11 is 0. The lowest BCUT2D eigenvalue weighted by atomic mass is 9.83. The van der Waals surface area contributed by atoms with Gasteiger partial charge in [-0.2, -0.15) is 0 Å². The minimum atomic E-state index is -0.248. The van der Waals surface area contributed by atoms with Crippen LogP contribution >= 0.6 is 32.0 Å². The van der Waals surface area contributed by atoms with E-state index in [2.05, 4.69) is 66.7 Å². The van der Waals surface area contributed by atoms with Crippen molar-refractivity contribution < 1.29 is 0 Å². The molecule has 0 bridgehead atoms. The summed E-state index contributed by atoms with van der Waals surface area (Å²) in [7, 11) is 6.67. The second-order valence-corrected chi connectivity index (χ2v) is 25.6. The van der Waals surface area contributed by atoms with E-state index >= 15 is 0 Å². The molecule has 2 N–H and O–H groups in total. The molecule has 4 aliphatic heterocycles. The van der Waals surface area contributed by atoms with Gasteiger partial charge in [0.1, 0.15) is 0 Å². The van der Waals surface area contributed by atoms with Crippen LogP contribution in [0.25, 0.3) is 0 Å². The van der Waals surface area contributed by atoms with E-state index < -0.39 is 0 Å². The van der Waals surface area contributed by atoms with Gasteiger partial charge in [-0.15, -0.1) is 0 Å². The summed E-state index contributed by atoms with van der Waals surface area (Å²) in [4.78, 5) is 0. The molecule has 0 spiro atoms. The Balaban J connectivity index is 1.46. The van der Waals surface area contributed by atoms with Crippen LogP contribution in [0.3, 0.4) is 0 Å². The average Bonchev–Trinajstić information content (AvgIpc) is 3.46. The predicted octanol–water partition coefficient (Wildman–Crippen LogP) is 8.54. The zero-order valence-electron chi connectivity index (χ0n) is 23.6. The van der Waals surface area contributed by atoms with Gasteiger partial charge in [0, 0.05) is 5.78 Å². The largest absolute Gasteiger partial charge is 0.324 e. The lowest BCUT2D eigenvalue weighted by Gasteiger charge is -2.42. The Morgan fingerprint density at radius 2 is 1.12 bits per heavy atom. The Morgan fingerprint density at radius 1 is 0.647 bits per heavy atom. The highest BCUT2D eigenvalue weighted by Gasteiger charge is 2.53. The van der Waals surface area contributed by atoms with Gasteiger partial charge in [0.2, 0.25) is 0 Å². The smallest absolute Gasteiger partial charge is 0.195 e. The Hall–Kier alpha value is 1.70. The number of rotatable bonds is 6. The highest BCUT2D eigenvalue weighted by molar-refractivity contribution is 7.73. The molecular formula is C27H53BN2P4. The predicted molar refractivity (Wildman–Crippen MR) is 163 cm³/mol. The minimum absolute atomic E-state index is 0.103. The topological polar surface area (TPSA) is 29.3 Å². The summed E-state index contributed by atoms with van der Waals surface area (Å²) in [5.74, 6) is 1.96. The van der Waals surface area contributed by atoms with Crippen LogP contribution < -0.4 is 5.73 Å². The first-order chi connectivity index (χ1) is 16.0. The summed E-state index contributed by atoms with van der Waals surface area (Å²) in [6.07, 6.45) is 8.42. The number of nitrogens with zero attached hydrogens (tertiary/aromatic N) is 1. The van der Waals surface area contributed by atoms with Crippen LogP contribution in [0.5, 0.6) is 0 Å². The highest BCUT2D eigenvalue weighted by atomic mass is 31.2. The SMILES string of the molecule is [B]N(P1[C@H](C)CC[C@H]1C)P1[C@H](C)CC(C2C[C@@H](C)P(C(C)C(C)P3[C@H](C)CC[C@H]3C)[C@@H]2N)[C@H]1C. The Kier molecular flexibility index (Phi) is 9.66. The monoisotopic (exact) mass is 540 g/mol. The van der Waals surface area contributed by atoms with Crippen molar-refractivity contribution in [1.82, 2.24) is 4.35 Å². The molecule has 14 atom stereocenters. The second-order valence-electron chi connectivity index (χ2n) is 12.7. The van der Waals surface area contributed by atoms with Crippen molar-refractivity contribution in [2.75, 3.05) is 0 Å². The van der Waals surface area contributed by atoms with Crippen LogP contribution in [0, 0.1) is 11.8 Å². The first-order valence-corrected chi connectivity index (χ1v) is 20.3. The normalized spacial score (nSPS) is 50.4. The van der Waals surface area contributed by atoms with Gasteiger partial charge in [-0.3, -0.25) is 0 Å². The summed E-state index contributed by atoms with van der Waals surface area (Å²) in [5, 5.41) is 0. The molecule has 0 aromatic rings. The zero-order chi connectivity index (χ0) is 25.1. The maximum atomic E-state index is 7.30. The van der Waals surface area contributed by atoms with Gasteiger partial charge < -0.3 is 10.1 Å². The quantitative estimate of drug-likeness (QED) is 0.270. The zero-order valence-corrected chi connectivity index (χ0v) is 27.1. The average molecular weight is 540 g/mol. The Morgan fingerprint density at radius 3 is 1.68 bits per heavy atom. The minimum Gasteiger partial charge on any atom is -0.324 e. The van der Waals surface area contributed by atoms with Gasteiger partial charge in [0.15, 0.2) is 7.98 Å². The lowest BCUT2D eigenvalue weighted by molar-refractivity contribution is 0.313. The van der Waals surface area contributed by atoms with Crippen molar-refractivity contribution >= 4 is 40.0 Å². The van der Waals surface area contributed by atoms with Gasteiger partial charge in [0.05, 0.1) is 0 Å². The molecule has 2 nitrogen and oxygen atoms in total. The van der Waals surface area contributed by atoms with Crippen LogP contribution in [0.2, 0.25) is 0 Å². The molecule has 4 rings (SSSR count). The lowest BCUT2D eigenvalue weighted by Crippen LogP contribution is -2.35. The molecule has 0 aromatic carbocycles. The Labute approximate surface area is 219 Å². The van der Waals surface area contributed by atoms with Crippen molar-refractivity contribution in [2.45, 2.75) is 158 Å². The van der Waals surface area contributed by atoms with E-state index in [4.69, 9.17) is 13.7 Å². The molecule has 4 saturated heterocycles. The van der Waals surface area contributed by atoms with Crippen LogP contribution in [0.4, 0.5) is 0 Å². The third-order valence-electron chi connectivity index (χ3n) is 10.6. The molecule has 2 radical (unpaired) electrons. The molecule has 194 valence electrons. The summed E-state index contributed by atoms with van der Waals surface area (Å²) in [5.41, 5.74) is 14.9. The fourth-order valence-corrected chi connectivity index (χ4v) is 25.5. The van der Waals surface area contributed by atoms with Crippen LogP contribution in [-0.2, 0) is 0 Å². The van der Waals surface area contributed by atoms with Crippen LogP contribution in [0.1, 0.15) is 101 Å². The highest BCUT2D eigenvalue weighted by Crippen LogP contribution is 2.74. The van der Waals surface area contributed by atoms with E-state index in [9.17, 15) is 0 Å². The van der Waals surface area contributed by atoms with E-state index in [0.717, 1.165) is 62.8 Å². The van der Waals surface area contributed by atoms with E-state index in [1.165, 1.54) is 38.5 Å². The first kappa shape index (κ1) is 28.7. The van der Waals surface area contributed by atoms with Crippen molar-refractivity contribution in [1.29, 1.82) is 0 Å². The fraction of sp³-hybridized carbons (Fsp3) is 1.00. The van der Waals surface area contributed by atoms with Gasteiger partial charge in [0.25, 0.3) is 0 Å². The molecule has 4 fully saturated rings. The number of hydrogen-bond donors (Lipinski definition) is 1. The molecule has 4 heterocycles. The molecule has 0 aliphatic carbocycles. The van der Waals surface area contributed by atoms with Crippen molar-refractivity contribution in [2.24, 2.45) is 17.6 Å². The Bertz CT molecular complexity index is 680. The first-order valence-electron chi connectivity index (χ1n) is 14.4. The van der Waals surface area contributed by atoms with Crippen molar-refractivity contribution in [3.05, 3.63) is 0 Å². The van der Waals surface area contributed by atoms with Crippen LogP contribution in [-0.4, -0.2) is 69.0 Å². The molecule has 34 heavy (non-hydrogen) atoms. The molecule has 0 amide bonds. The molecule has 0 aromatic heterocycles. The molecule has 7 heteroatoms. The molecule has 6 unspecified atom stereocenters. The third-order valence-corrected chi connectivity index (χ3v) is 25.3. The second kappa shape index (κ2) is 11.4. The standard InChI is InChI=1S/C27H53BN2P4/c1-16-10-11-17(2)31(16)22(7)23(8)32-20(5)14-26(27(32)29)25-15-21(6)34(24(25)9)30(28)33-18(3)12-13-19(33)4/h16-27H,10-15,29H2,1-9H3/t16-,17-,18-,19-,20-,21-,22?,23?,24-,25?,26?,27+,32?,34?/m1/s1. The van der Waals surface area contributed by atoms with Crippen LogP contribution in [0.15, 0.2) is 0 Å². The van der Waals surface area contributed by atoms with Gasteiger partial charge in [-0.25, -0.2) is 0 Å². The van der Waals surface area contributed by atoms with E-state index in [1.807, 2.05) is 0 Å². The summed E-state index contributed by atoms with van der Waals surface area (Å²) in [6.45, 7) is 22.9. The molecule has 4 aliphatic rings. The van der Waals surface area contributed by atoms with Crippen molar-refractivity contribution in [3.63, 3.8) is 0 Å². The third kappa shape index (κ3) is 5.15. The van der Waals surface area contributed by atoms with Gasteiger partial charge in [-0.05, 0) is 117 Å². The fourth-order valence-electron chi connectivity index (χ4n) is 8.71. The van der Waals surface area contributed by atoms with Gasteiger partial charge in [-0.1, -0.05) is 78.2 Å². The van der Waals surface area contributed by atoms with Crippen molar-refractivity contribution in [3.8, 4) is 0 Å². The summed E-state index contributed by atoms with van der Waals surface area (Å²) < 4.78 is 2.49. The van der Waals surface area contributed by atoms with Gasteiger partial charge >= 0.3 is 0 Å². The molecule has 0 saturated carbocycles. The number of hydrogen-bond acceptors (Lipinski definition) is 2. The summed E-state index contributed by atoms with van der Waals surface area (Å²) in [6, 6.07) is 0. The maximum absolute atomic E-state index is 7.30. The van der Waals surface area contributed by atoms with E-state index in [1.54, 1.807) is 0 Å².